The van der Waals surface area contributed by atoms with Gasteiger partial charge in [-0.25, -0.2) is 4.98 Å². The smallest absolute Gasteiger partial charge is 0.346 e. The van der Waals surface area contributed by atoms with Crippen molar-refractivity contribution in [2.75, 3.05) is 6.54 Å². The first kappa shape index (κ1) is 15.1. The van der Waals surface area contributed by atoms with Gasteiger partial charge in [0.2, 0.25) is 0 Å². The summed E-state index contributed by atoms with van der Waals surface area (Å²) in [4.78, 5) is 18.9. The monoisotopic (exact) mass is 323 g/mol. The lowest BCUT2D eigenvalue weighted by molar-refractivity contribution is -0.123. The molecule has 0 fully saturated rings. The van der Waals surface area contributed by atoms with Gasteiger partial charge in [-0.2, -0.15) is 13.2 Å². The number of nitrogens with zero attached hydrogens (tertiary/aromatic N) is 1. The molecule has 0 unspecified atom stereocenters. The summed E-state index contributed by atoms with van der Waals surface area (Å²) < 4.78 is 36.3. The number of alkyl halides is 3. The summed E-state index contributed by atoms with van der Waals surface area (Å²) in [6, 6.07) is 10.1. The molecule has 122 valence electrons. The van der Waals surface area contributed by atoms with Crippen LogP contribution in [0.2, 0.25) is 0 Å². The molecular weight excluding hydrogens is 307 g/mol. The molecule has 2 heterocycles. The highest BCUT2D eigenvalue weighted by atomic mass is 19.4. The number of hydrogen-bond donors (Lipinski definition) is 2. The molecule has 0 saturated carbocycles. The minimum atomic E-state index is -4.42. The molecular formula is C16H16F3N3O. The van der Waals surface area contributed by atoms with Gasteiger partial charge in [-0.1, -0.05) is 12.1 Å². The second kappa shape index (κ2) is 5.75. The SMILES string of the molecule is O=C(NCC(F)(F)F)c1ccc(-c2ccnc3[nH]ccc23)cc1.[HH].[HH]. The average molecular weight is 323 g/mol. The molecule has 7 heteroatoms. The molecule has 0 saturated heterocycles. The zero-order valence-corrected chi connectivity index (χ0v) is 11.8. The Kier molecular flexibility index (Phi) is 3.77. The Morgan fingerprint density at radius 2 is 1.91 bits per heavy atom. The fourth-order valence-corrected chi connectivity index (χ4v) is 2.30. The van der Waals surface area contributed by atoms with Crippen LogP contribution in [0.5, 0.6) is 0 Å². The molecule has 3 rings (SSSR count). The number of aromatic amines is 1. The zero-order chi connectivity index (χ0) is 16.4. The maximum absolute atomic E-state index is 12.1. The topological polar surface area (TPSA) is 57.8 Å². The van der Waals surface area contributed by atoms with Crippen molar-refractivity contribution in [2.45, 2.75) is 6.18 Å². The summed E-state index contributed by atoms with van der Waals surface area (Å²) in [5, 5.41) is 2.78. The van der Waals surface area contributed by atoms with E-state index in [2.05, 4.69) is 9.97 Å². The van der Waals surface area contributed by atoms with Gasteiger partial charge in [0.15, 0.2) is 0 Å². The van der Waals surface area contributed by atoms with Crippen LogP contribution >= 0.6 is 0 Å². The van der Waals surface area contributed by atoms with Crippen molar-refractivity contribution in [3.05, 3.63) is 54.4 Å². The lowest BCUT2D eigenvalue weighted by atomic mass is 10.0. The van der Waals surface area contributed by atoms with Crippen LogP contribution in [0.3, 0.4) is 0 Å². The van der Waals surface area contributed by atoms with Crippen LogP contribution in [0.25, 0.3) is 22.2 Å². The molecule has 0 aliphatic carbocycles. The fourth-order valence-electron chi connectivity index (χ4n) is 2.30. The molecule has 0 radical (unpaired) electrons. The van der Waals surface area contributed by atoms with Crippen molar-refractivity contribution < 1.29 is 20.8 Å². The van der Waals surface area contributed by atoms with Gasteiger partial charge in [-0.15, -0.1) is 0 Å². The highest BCUT2D eigenvalue weighted by Gasteiger charge is 2.27. The average Bonchev–Trinajstić information content (AvgIpc) is 3.00. The minimum absolute atomic E-state index is 0. The van der Waals surface area contributed by atoms with E-state index in [1.54, 1.807) is 24.5 Å². The molecule has 0 atom stereocenters. The molecule has 23 heavy (non-hydrogen) atoms. The molecule has 1 aromatic carbocycles. The van der Waals surface area contributed by atoms with E-state index in [4.69, 9.17) is 0 Å². The number of pyridine rings is 1. The molecule has 0 aliphatic rings. The predicted molar refractivity (Wildman–Crippen MR) is 84.1 cm³/mol. The van der Waals surface area contributed by atoms with Crippen molar-refractivity contribution in [3.63, 3.8) is 0 Å². The second-order valence-electron chi connectivity index (χ2n) is 4.97. The number of halogens is 3. The number of fused-ring (bicyclic) bond motifs is 1. The van der Waals surface area contributed by atoms with E-state index in [-0.39, 0.29) is 8.42 Å². The standard InChI is InChI=1S/C16H12F3N3O.2H2/c17-16(18,19)9-22-15(23)11-3-1-10(2-4-11)12-5-7-20-14-13(12)6-8-21-14;;/h1-8H,9H2,(H,20,21)(H,22,23);2*1H. The zero-order valence-electron chi connectivity index (χ0n) is 11.8. The molecule has 0 bridgehead atoms. The summed E-state index contributed by atoms with van der Waals surface area (Å²) >= 11 is 0. The van der Waals surface area contributed by atoms with Gasteiger partial charge in [-0.05, 0) is 35.4 Å². The van der Waals surface area contributed by atoms with E-state index in [9.17, 15) is 18.0 Å². The van der Waals surface area contributed by atoms with Gasteiger partial charge >= 0.3 is 6.18 Å². The Bertz CT molecular complexity index is 848. The minimum Gasteiger partial charge on any atom is -0.346 e. The van der Waals surface area contributed by atoms with Crippen LogP contribution in [0.4, 0.5) is 13.2 Å². The van der Waals surface area contributed by atoms with Crippen LogP contribution in [0.1, 0.15) is 13.2 Å². The summed E-state index contributed by atoms with van der Waals surface area (Å²) in [5.74, 6) is -0.754. The summed E-state index contributed by atoms with van der Waals surface area (Å²) in [6.45, 7) is -1.35. The Morgan fingerprint density at radius 3 is 2.61 bits per heavy atom. The second-order valence-corrected chi connectivity index (χ2v) is 4.97. The van der Waals surface area contributed by atoms with Crippen molar-refractivity contribution in [2.24, 2.45) is 0 Å². The van der Waals surface area contributed by atoms with Crippen molar-refractivity contribution in [3.8, 4) is 11.1 Å². The van der Waals surface area contributed by atoms with E-state index in [0.29, 0.717) is 0 Å². The third kappa shape index (κ3) is 3.33. The predicted octanol–water partition coefficient (Wildman–Crippen LogP) is 4.01. The molecule has 4 nitrogen and oxygen atoms in total. The number of H-pyrrole nitrogens is 1. The first-order valence-electron chi connectivity index (χ1n) is 6.81. The first-order valence-corrected chi connectivity index (χ1v) is 6.81. The van der Waals surface area contributed by atoms with Crippen LogP contribution in [0, 0.1) is 0 Å². The van der Waals surface area contributed by atoms with E-state index < -0.39 is 18.6 Å². The molecule has 3 aromatic rings. The molecule has 0 spiro atoms. The maximum atomic E-state index is 12.1. The number of amides is 1. The Balaban J connectivity index is 0.00000156. The molecule has 2 aromatic heterocycles. The number of nitrogens with one attached hydrogen (secondary N) is 2. The number of carbonyl (C=O) groups excluding carboxylic acids is 1. The van der Waals surface area contributed by atoms with Crippen molar-refractivity contribution in [1.29, 1.82) is 0 Å². The third-order valence-corrected chi connectivity index (χ3v) is 3.37. The number of benzene rings is 1. The first-order chi connectivity index (χ1) is 10.9. The van der Waals surface area contributed by atoms with Crippen LogP contribution < -0.4 is 5.32 Å². The number of carbonyl (C=O) groups is 1. The number of aromatic nitrogens is 2. The normalized spacial score (nSPS) is 11.6. The van der Waals surface area contributed by atoms with E-state index >= 15 is 0 Å². The van der Waals surface area contributed by atoms with Gasteiger partial charge in [0.05, 0.1) is 0 Å². The molecule has 2 N–H and O–H groups in total. The largest absolute Gasteiger partial charge is 0.405 e. The highest BCUT2D eigenvalue weighted by molar-refractivity contribution is 5.96. The lowest BCUT2D eigenvalue weighted by Gasteiger charge is -2.09. The highest BCUT2D eigenvalue weighted by Crippen LogP contribution is 2.27. The maximum Gasteiger partial charge on any atom is 0.405 e. The lowest BCUT2D eigenvalue weighted by Crippen LogP contribution is -2.33. The molecule has 0 aliphatic heterocycles. The third-order valence-electron chi connectivity index (χ3n) is 3.37. The summed E-state index contributed by atoms with van der Waals surface area (Å²) in [6.07, 6.45) is -0.981. The van der Waals surface area contributed by atoms with Gasteiger partial charge in [0.1, 0.15) is 12.2 Å². The van der Waals surface area contributed by atoms with Gasteiger partial charge in [0.25, 0.3) is 5.91 Å². The van der Waals surface area contributed by atoms with E-state index in [0.717, 1.165) is 22.2 Å². The van der Waals surface area contributed by atoms with Crippen LogP contribution in [-0.2, 0) is 0 Å². The van der Waals surface area contributed by atoms with E-state index in [1.165, 1.54) is 12.1 Å². The summed E-state index contributed by atoms with van der Waals surface area (Å²) in [7, 11) is 0. The van der Waals surface area contributed by atoms with E-state index in [1.807, 2.05) is 17.4 Å². The van der Waals surface area contributed by atoms with Gasteiger partial charge in [0, 0.05) is 26.2 Å². The number of hydrogen-bond acceptors (Lipinski definition) is 2. The fraction of sp³-hybridized carbons (Fsp3) is 0.125. The van der Waals surface area contributed by atoms with Gasteiger partial charge in [-0.3, -0.25) is 4.79 Å². The van der Waals surface area contributed by atoms with Crippen molar-refractivity contribution >= 4 is 16.9 Å². The Morgan fingerprint density at radius 1 is 1.17 bits per heavy atom. The number of rotatable bonds is 3. The molecule has 1 amide bonds. The quantitative estimate of drug-likeness (QED) is 0.765. The van der Waals surface area contributed by atoms with Crippen molar-refractivity contribution in [1.82, 2.24) is 15.3 Å². The van der Waals surface area contributed by atoms with Crippen LogP contribution in [0.15, 0.2) is 48.8 Å². The summed E-state index contributed by atoms with van der Waals surface area (Å²) in [5.41, 5.74) is 2.70. The Hall–Kier alpha value is -2.83. The Labute approximate surface area is 132 Å². The van der Waals surface area contributed by atoms with Crippen LogP contribution in [-0.4, -0.2) is 28.6 Å². The van der Waals surface area contributed by atoms with Gasteiger partial charge < -0.3 is 10.3 Å².